The van der Waals surface area contributed by atoms with Gasteiger partial charge < -0.3 is 10.2 Å². The van der Waals surface area contributed by atoms with Crippen molar-refractivity contribution in [1.29, 1.82) is 5.26 Å². The monoisotopic (exact) mass is 254 g/mol. The molecule has 0 atom stereocenters. The van der Waals surface area contributed by atoms with Gasteiger partial charge in [-0.1, -0.05) is 12.1 Å². The SMILES string of the molecule is Cc1ccc(C#N)cc1OCc1cccc(NN)n1. The number of hydrogen-bond donors (Lipinski definition) is 2. The van der Waals surface area contributed by atoms with Gasteiger partial charge in [-0.3, -0.25) is 0 Å². The topological polar surface area (TPSA) is 84.0 Å². The third-order valence-electron chi connectivity index (χ3n) is 2.65. The molecule has 5 nitrogen and oxygen atoms in total. The van der Waals surface area contributed by atoms with Gasteiger partial charge in [-0.25, -0.2) is 10.8 Å². The van der Waals surface area contributed by atoms with Crippen LogP contribution in [0.3, 0.4) is 0 Å². The number of benzene rings is 1. The van der Waals surface area contributed by atoms with Crippen LogP contribution in [0.4, 0.5) is 5.82 Å². The molecular weight excluding hydrogens is 240 g/mol. The molecule has 0 spiro atoms. The maximum atomic E-state index is 8.87. The second kappa shape index (κ2) is 5.85. The molecule has 0 fully saturated rings. The Morgan fingerprint density at radius 3 is 2.95 bits per heavy atom. The van der Waals surface area contributed by atoms with E-state index in [-0.39, 0.29) is 0 Å². The number of ether oxygens (including phenoxy) is 1. The highest BCUT2D eigenvalue weighted by Crippen LogP contribution is 2.20. The molecule has 1 heterocycles. The molecule has 19 heavy (non-hydrogen) atoms. The van der Waals surface area contributed by atoms with E-state index < -0.39 is 0 Å². The van der Waals surface area contributed by atoms with Gasteiger partial charge in [0.05, 0.1) is 17.3 Å². The Morgan fingerprint density at radius 2 is 2.21 bits per heavy atom. The summed E-state index contributed by atoms with van der Waals surface area (Å²) in [5.41, 5.74) is 4.80. The van der Waals surface area contributed by atoms with Crippen LogP contribution in [-0.4, -0.2) is 4.98 Å². The van der Waals surface area contributed by atoms with Crippen LogP contribution < -0.4 is 16.0 Å². The minimum absolute atomic E-state index is 0.325. The predicted octanol–water partition coefficient (Wildman–Crippen LogP) is 2.13. The van der Waals surface area contributed by atoms with Gasteiger partial charge in [0.15, 0.2) is 0 Å². The summed E-state index contributed by atoms with van der Waals surface area (Å²) in [4.78, 5) is 4.25. The molecule has 0 radical (unpaired) electrons. The van der Waals surface area contributed by atoms with E-state index in [1.54, 1.807) is 18.2 Å². The number of rotatable bonds is 4. The van der Waals surface area contributed by atoms with Gasteiger partial charge in [0.1, 0.15) is 18.2 Å². The lowest BCUT2D eigenvalue weighted by molar-refractivity contribution is 0.299. The molecule has 1 aromatic carbocycles. The number of nitrogen functional groups attached to an aromatic ring is 1. The smallest absolute Gasteiger partial charge is 0.140 e. The van der Waals surface area contributed by atoms with Crippen molar-refractivity contribution in [2.75, 3.05) is 5.43 Å². The molecular formula is C14H14N4O. The number of nitrogens with one attached hydrogen (secondary N) is 1. The fourth-order valence-corrected chi connectivity index (χ4v) is 1.62. The molecule has 0 amide bonds. The maximum Gasteiger partial charge on any atom is 0.140 e. The Morgan fingerprint density at radius 1 is 1.37 bits per heavy atom. The van der Waals surface area contributed by atoms with Crippen LogP contribution in [0.25, 0.3) is 0 Å². The lowest BCUT2D eigenvalue weighted by Gasteiger charge is -2.09. The van der Waals surface area contributed by atoms with E-state index in [1.165, 1.54) is 0 Å². The average molecular weight is 254 g/mol. The highest BCUT2D eigenvalue weighted by atomic mass is 16.5. The van der Waals surface area contributed by atoms with E-state index in [0.29, 0.717) is 23.7 Å². The summed E-state index contributed by atoms with van der Waals surface area (Å²) < 4.78 is 5.68. The normalized spacial score (nSPS) is 9.74. The number of aryl methyl sites for hydroxylation is 1. The van der Waals surface area contributed by atoms with Crippen LogP contribution in [0.15, 0.2) is 36.4 Å². The molecule has 1 aromatic heterocycles. The molecule has 2 rings (SSSR count). The summed E-state index contributed by atoms with van der Waals surface area (Å²) in [6, 6.07) is 12.9. The van der Waals surface area contributed by atoms with E-state index in [9.17, 15) is 0 Å². The Hall–Kier alpha value is -2.58. The molecule has 0 saturated heterocycles. The lowest BCUT2D eigenvalue weighted by atomic mass is 10.1. The summed E-state index contributed by atoms with van der Waals surface area (Å²) in [5, 5.41) is 8.87. The summed E-state index contributed by atoms with van der Waals surface area (Å²) in [6.45, 7) is 2.26. The second-order valence-corrected chi connectivity index (χ2v) is 4.04. The number of aromatic nitrogens is 1. The third-order valence-corrected chi connectivity index (χ3v) is 2.65. The number of anilines is 1. The van der Waals surface area contributed by atoms with E-state index in [4.69, 9.17) is 15.8 Å². The first-order valence-corrected chi connectivity index (χ1v) is 5.79. The number of nitrogens with two attached hydrogens (primary N) is 1. The van der Waals surface area contributed by atoms with Crippen LogP contribution >= 0.6 is 0 Å². The summed E-state index contributed by atoms with van der Waals surface area (Å²) in [7, 11) is 0. The molecule has 96 valence electrons. The van der Waals surface area contributed by atoms with E-state index in [0.717, 1.165) is 11.3 Å². The fraction of sp³-hybridized carbons (Fsp3) is 0.143. The highest BCUT2D eigenvalue weighted by Gasteiger charge is 2.03. The zero-order chi connectivity index (χ0) is 13.7. The Kier molecular flexibility index (Phi) is 3.96. The summed E-state index contributed by atoms with van der Waals surface area (Å²) in [6.07, 6.45) is 0. The summed E-state index contributed by atoms with van der Waals surface area (Å²) >= 11 is 0. The fourth-order valence-electron chi connectivity index (χ4n) is 1.62. The van der Waals surface area contributed by atoms with Crippen LogP contribution in [0.5, 0.6) is 5.75 Å². The van der Waals surface area contributed by atoms with Crippen molar-refractivity contribution >= 4 is 5.82 Å². The van der Waals surface area contributed by atoms with Crippen molar-refractivity contribution in [3.63, 3.8) is 0 Å². The number of pyridine rings is 1. The number of nitriles is 1. The number of hydrazine groups is 1. The average Bonchev–Trinajstić information content (AvgIpc) is 2.46. The first-order chi connectivity index (χ1) is 9.22. The van der Waals surface area contributed by atoms with Crippen molar-refractivity contribution < 1.29 is 4.74 Å². The van der Waals surface area contributed by atoms with Gasteiger partial charge in [-0.05, 0) is 36.8 Å². The molecule has 5 heteroatoms. The Balaban J connectivity index is 2.12. The van der Waals surface area contributed by atoms with Crippen molar-refractivity contribution in [3.8, 4) is 11.8 Å². The molecule has 0 aliphatic heterocycles. The highest BCUT2D eigenvalue weighted by molar-refractivity contribution is 5.42. The van der Waals surface area contributed by atoms with Crippen LogP contribution in [-0.2, 0) is 6.61 Å². The standard InChI is InChI=1S/C14H14N4O/c1-10-5-6-11(8-15)7-13(10)19-9-12-3-2-4-14(17-12)18-16/h2-7H,9,16H2,1H3,(H,17,18). The van der Waals surface area contributed by atoms with Crippen molar-refractivity contribution in [1.82, 2.24) is 4.98 Å². The molecule has 2 aromatic rings. The molecule has 0 aliphatic carbocycles. The minimum Gasteiger partial charge on any atom is -0.487 e. The largest absolute Gasteiger partial charge is 0.487 e. The van der Waals surface area contributed by atoms with Crippen molar-refractivity contribution in [3.05, 3.63) is 53.2 Å². The quantitative estimate of drug-likeness (QED) is 0.645. The van der Waals surface area contributed by atoms with E-state index in [1.807, 2.05) is 25.1 Å². The predicted molar refractivity (Wildman–Crippen MR) is 72.3 cm³/mol. The van der Waals surface area contributed by atoms with Crippen LogP contribution in [0.1, 0.15) is 16.8 Å². The van der Waals surface area contributed by atoms with Gasteiger partial charge in [0, 0.05) is 0 Å². The third kappa shape index (κ3) is 3.21. The van der Waals surface area contributed by atoms with E-state index in [2.05, 4.69) is 16.5 Å². The van der Waals surface area contributed by atoms with Gasteiger partial charge in [0.25, 0.3) is 0 Å². The molecule has 3 N–H and O–H groups in total. The van der Waals surface area contributed by atoms with Gasteiger partial charge in [-0.2, -0.15) is 5.26 Å². The van der Waals surface area contributed by atoms with Crippen LogP contribution in [0, 0.1) is 18.3 Å². The molecule has 0 unspecified atom stereocenters. The Labute approximate surface area is 111 Å². The van der Waals surface area contributed by atoms with Gasteiger partial charge in [-0.15, -0.1) is 0 Å². The van der Waals surface area contributed by atoms with Gasteiger partial charge in [0.2, 0.25) is 0 Å². The van der Waals surface area contributed by atoms with Crippen molar-refractivity contribution in [2.24, 2.45) is 5.84 Å². The number of hydrogen-bond acceptors (Lipinski definition) is 5. The second-order valence-electron chi connectivity index (χ2n) is 4.04. The number of nitrogens with zero attached hydrogens (tertiary/aromatic N) is 2. The first-order valence-electron chi connectivity index (χ1n) is 5.79. The van der Waals surface area contributed by atoms with Crippen LogP contribution in [0.2, 0.25) is 0 Å². The zero-order valence-corrected chi connectivity index (χ0v) is 10.6. The molecule has 0 saturated carbocycles. The van der Waals surface area contributed by atoms with E-state index >= 15 is 0 Å². The minimum atomic E-state index is 0.325. The Bertz CT molecular complexity index is 619. The maximum absolute atomic E-state index is 8.87. The molecule has 0 bridgehead atoms. The summed E-state index contributed by atoms with van der Waals surface area (Å²) in [5.74, 6) is 6.57. The zero-order valence-electron chi connectivity index (χ0n) is 10.6. The van der Waals surface area contributed by atoms with Crippen molar-refractivity contribution in [2.45, 2.75) is 13.5 Å². The first kappa shape index (κ1) is 12.9. The molecule has 0 aliphatic rings. The van der Waals surface area contributed by atoms with Gasteiger partial charge >= 0.3 is 0 Å². The lowest BCUT2D eigenvalue weighted by Crippen LogP contribution is -2.10.